The maximum atomic E-state index is 10.7. The lowest BCUT2D eigenvalue weighted by Gasteiger charge is -2.02. The largest absolute Gasteiger partial charge is 0.473 e. The second-order valence-corrected chi connectivity index (χ2v) is 5.62. The van der Waals surface area contributed by atoms with Gasteiger partial charge in [-0.25, -0.2) is 9.78 Å². The van der Waals surface area contributed by atoms with Crippen LogP contribution in [-0.4, -0.2) is 20.4 Å². The summed E-state index contributed by atoms with van der Waals surface area (Å²) in [6.07, 6.45) is 0. The van der Waals surface area contributed by atoms with Gasteiger partial charge in [-0.05, 0) is 11.8 Å². The fourth-order valence-electron chi connectivity index (χ4n) is 2.24. The quantitative estimate of drug-likeness (QED) is 0.736. The Labute approximate surface area is 132 Å². The van der Waals surface area contributed by atoms with E-state index >= 15 is 0 Å². The molecule has 0 saturated heterocycles. The van der Waals surface area contributed by atoms with Gasteiger partial charge in [0.15, 0.2) is 0 Å². The maximum Gasteiger partial charge on any atom is 0.365 e. The van der Waals surface area contributed by atoms with Crippen LogP contribution in [0.3, 0.4) is 0 Å². The van der Waals surface area contributed by atoms with Gasteiger partial charge in [-0.1, -0.05) is 60.7 Å². The minimum Gasteiger partial charge on any atom is -0.473 e. The van der Waals surface area contributed by atoms with Crippen LogP contribution in [0.4, 0.5) is 4.79 Å². The normalized spacial score (nSPS) is 10.5. The Morgan fingerprint density at radius 2 is 1.59 bits per heavy atom. The zero-order valence-electron chi connectivity index (χ0n) is 11.7. The number of aromatic amines is 1. The molecule has 0 aliphatic rings. The van der Waals surface area contributed by atoms with Crippen LogP contribution in [0, 0.1) is 0 Å². The summed E-state index contributed by atoms with van der Waals surface area (Å²) < 4.78 is 0. The molecule has 0 spiro atoms. The van der Waals surface area contributed by atoms with Crippen molar-refractivity contribution in [3.8, 4) is 22.5 Å². The van der Waals surface area contributed by atoms with Crippen LogP contribution in [-0.2, 0) is 5.75 Å². The summed E-state index contributed by atoms with van der Waals surface area (Å²) in [7, 11) is 0. The number of hydrogen-bond acceptors (Lipinski definition) is 3. The van der Waals surface area contributed by atoms with Crippen LogP contribution in [0.2, 0.25) is 0 Å². The molecule has 3 rings (SSSR count). The van der Waals surface area contributed by atoms with Crippen LogP contribution in [0.25, 0.3) is 22.5 Å². The molecule has 3 aromatic rings. The number of carboxylic acid groups (broad SMARTS) is 1. The fourth-order valence-corrected chi connectivity index (χ4v) is 2.64. The molecular formula is C17H14N2O2S. The number of thioether (sulfide) groups is 1. The topological polar surface area (TPSA) is 66.0 Å². The second-order valence-electron chi connectivity index (χ2n) is 4.69. The first kappa shape index (κ1) is 14.4. The monoisotopic (exact) mass is 310 g/mol. The molecule has 5 heteroatoms. The van der Waals surface area contributed by atoms with Gasteiger partial charge in [0, 0.05) is 11.1 Å². The highest BCUT2D eigenvalue weighted by atomic mass is 32.2. The Hall–Kier alpha value is -2.53. The van der Waals surface area contributed by atoms with Gasteiger partial charge in [0.05, 0.1) is 17.1 Å². The molecule has 0 unspecified atom stereocenters. The standard InChI is InChI=1S/C17H14N2O2S/c20-17(21)22-11-14-18-15(12-7-3-1-4-8-12)16(19-14)13-9-5-2-6-10-13/h1-10H,11H2,(H,18,19)(H,20,21). The molecule has 0 saturated carbocycles. The summed E-state index contributed by atoms with van der Waals surface area (Å²) in [4.78, 5) is 18.6. The Kier molecular flexibility index (Phi) is 4.25. The summed E-state index contributed by atoms with van der Waals surface area (Å²) in [6.45, 7) is 0. The minimum absolute atomic E-state index is 0.308. The van der Waals surface area contributed by atoms with Crippen molar-refractivity contribution < 1.29 is 9.90 Å². The molecule has 0 aliphatic heterocycles. The molecule has 0 amide bonds. The average Bonchev–Trinajstić information content (AvgIpc) is 2.99. The maximum absolute atomic E-state index is 10.7. The van der Waals surface area contributed by atoms with E-state index in [-0.39, 0.29) is 0 Å². The molecule has 0 atom stereocenters. The lowest BCUT2D eigenvalue weighted by atomic mass is 10.1. The molecule has 110 valence electrons. The molecular weight excluding hydrogens is 296 g/mol. The number of nitrogens with one attached hydrogen (secondary N) is 1. The molecule has 22 heavy (non-hydrogen) atoms. The third-order valence-electron chi connectivity index (χ3n) is 3.19. The molecule has 1 heterocycles. The van der Waals surface area contributed by atoms with E-state index in [0.29, 0.717) is 11.6 Å². The molecule has 0 fully saturated rings. The predicted octanol–water partition coefficient (Wildman–Crippen LogP) is 4.65. The molecule has 2 N–H and O–H groups in total. The third kappa shape index (κ3) is 3.20. The number of benzene rings is 2. The Balaban J connectivity index is 2.04. The minimum atomic E-state index is -0.904. The lowest BCUT2D eigenvalue weighted by Crippen LogP contribution is -1.89. The number of H-pyrrole nitrogens is 1. The Bertz CT molecular complexity index is 713. The average molecular weight is 310 g/mol. The molecule has 2 aromatic carbocycles. The fraction of sp³-hybridized carbons (Fsp3) is 0.0588. The van der Waals surface area contributed by atoms with E-state index in [1.807, 2.05) is 60.7 Å². The van der Waals surface area contributed by atoms with E-state index in [2.05, 4.69) is 9.97 Å². The number of rotatable bonds is 4. The van der Waals surface area contributed by atoms with Crippen molar-refractivity contribution in [1.82, 2.24) is 9.97 Å². The summed E-state index contributed by atoms with van der Waals surface area (Å²) in [5.41, 5.74) is 3.78. The molecule has 0 bridgehead atoms. The van der Waals surface area contributed by atoms with E-state index in [0.717, 1.165) is 34.3 Å². The summed E-state index contributed by atoms with van der Waals surface area (Å²) >= 11 is 0.820. The smallest absolute Gasteiger partial charge is 0.365 e. The van der Waals surface area contributed by atoms with Crippen molar-refractivity contribution in [2.45, 2.75) is 5.75 Å². The first-order valence-corrected chi connectivity index (χ1v) is 7.78. The van der Waals surface area contributed by atoms with Crippen molar-refractivity contribution in [2.75, 3.05) is 0 Å². The van der Waals surface area contributed by atoms with E-state index in [1.54, 1.807) is 0 Å². The van der Waals surface area contributed by atoms with E-state index in [9.17, 15) is 4.79 Å². The first-order valence-electron chi connectivity index (χ1n) is 6.79. The van der Waals surface area contributed by atoms with E-state index < -0.39 is 5.30 Å². The Morgan fingerprint density at radius 1 is 1.00 bits per heavy atom. The van der Waals surface area contributed by atoms with Gasteiger partial charge in [0.25, 0.3) is 0 Å². The molecule has 1 aromatic heterocycles. The van der Waals surface area contributed by atoms with Crippen molar-refractivity contribution in [3.63, 3.8) is 0 Å². The highest BCUT2D eigenvalue weighted by molar-refractivity contribution is 8.12. The second kappa shape index (κ2) is 6.49. The summed E-state index contributed by atoms with van der Waals surface area (Å²) in [5, 5.41) is 7.90. The predicted molar refractivity (Wildman–Crippen MR) is 88.8 cm³/mol. The summed E-state index contributed by atoms with van der Waals surface area (Å²) in [5.74, 6) is 0.965. The van der Waals surface area contributed by atoms with Crippen LogP contribution in [0.1, 0.15) is 5.82 Å². The van der Waals surface area contributed by atoms with Gasteiger partial charge >= 0.3 is 5.30 Å². The van der Waals surface area contributed by atoms with Crippen LogP contribution >= 0.6 is 11.8 Å². The van der Waals surface area contributed by atoms with Gasteiger partial charge in [-0.3, -0.25) is 0 Å². The van der Waals surface area contributed by atoms with Crippen molar-refractivity contribution in [2.24, 2.45) is 0 Å². The first-order chi connectivity index (χ1) is 10.7. The van der Waals surface area contributed by atoms with Gasteiger partial charge in [-0.15, -0.1) is 0 Å². The number of aromatic nitrogens is 2. The van der Waals surface area contributed by atoms with Crippen LogP contribution < -0.4 is 0 Å². The SMILES string of the molecule is O=C(O)SCc1nc(-c2ccccc2)c(-c2ccccc2)[nH]1. The highest BCUT2D eigenvalue weighted by Gasteiger charge is 2.14. The lowest BCUT2D eigenvalue weighted by molar-refractivity contribution is 0.222. The molecule has 0 aliphatic carbocycles. The Morgan fingerprint density at radius 3 is 2.18 bits per heavy atom. The number of hydrogen-bond donors (Lipinski definition) is 2. The number of imidazole rings is 1. The van der Waals surface area contributed by atoms with Crippen molar-refractivity contribution in [3.05, 3.63) is 66.5 Å². The van der Waals surface area contributed by atoms with Gasteiger partial charge in [0.1, 0.15) is 5.82 Å². The van der Waals surface area contributed by atoms with Gasteiger partial charge in [-0.2, -0.15) is 0 Å². The van der Waals surface area contributed by atoms with Gasteiger partial charge in [0.2, 0.25) is 0 Å². The number of carbonyl (C=O) groups is 1. The van der Waals surface area contributed by atoms with E-state index in [4.69, 9.17) is 5.11 Å². The number of nitrogens with zero attached hydrogens (tertiary/aromatic N) is 1. The van der Waals surface area contributed by atoms with Crippen molar-refractivity contribution >= 4 is 17.1 Å². The van der Waals surface area contributed by atoms with Crippen LogP contribution in [0.15, 0.2) is 60.7 Å². The molecule has 4 nitrogen and oxygen atoms in total. The van der Waals surface area contributed by atoms with E-state index in [1.165, 1.54) is 0 Å². The summed E-state index contributed by atoms with van der Waals surface area (Å²) in [6, 6.07) is 19.8. The van der Waals surface area contributed by atoms with Gasteiger partial charge < -0.3 is 10.1 Å². The third-order valence-corrected chi connectivity index (χ3v) is 3.86. The van der Waals surface area contributed by atoms with Crippen LogP contribution in [0.5, 0.6) is 0 Å². The van der Waals surface area contributed by atoms with Crippen molar-refractivity contribution in [1.29, 1.82) is 0 Å². The highest BCUT2D eigenvalue weighted by Crippen LogP contribution is 2.30. The molecule has 0 radical (unpaired) electrons. The zero-order valence-corrected chi connectivity index (χ0v) is 12.5. The zero-order chi connectivity index (χ0) is 15.4.